The van der Waals surface area contributed by atoms with Crippen molar-refractivity contribution in [3.05, 3.63) is 33.3 Å². The number of hydrogen-bond acceptors (Lipinski definition) is 2. The van der Waals surface area contributed by atoms with Gasteiger partial charge in [0.05, 0.1) is 12.0 Å². The van der Waals surface area contributed by atoms with Gasteiger partial charge in [-0.25, -0.2) is 0 Å². The van der Waals surface area contributed by atoms with Crippen molar-refractivity contribution in [3.8, 4) is 6.07 Å². The number of hydrogen-bond donors (Lipinski definition) is 0. The Morgan fingerprint density at radius 1 is 1.44 bits per heavy atom. The fourth-order valence-electron chi connectivity index (χ4n) is 1.71. The molecule has 1 rings (SSSR count). The Morgan fingerprint density at radius 3 is 2.31 bits per heavy atom. The van der Waals surface area contributed by atoms with Gasteiger partial charge in [-0.1, -0.05) is 28.1 Å². The van der Waals surface area contributed by atoms with Crippen LogP contribution in [0, 0.1) is 25.2 Å². The minimum absolute atomic E-state index is 0.0461. The highest BCUT2D eigenvalue weighted by Crippen LogP contribution is 2.27. The van der Waals surface area contributed by atoms with Gasteiger partial charge in [0, 0.05) is 10.9 Å². The number of nitriles is 1. The fourth-order valence-corrected chi connectivity index (χ4v) is 1.93. The SMILES string of the molecule is CC(=O)CC(C#N)c1cc(C)c(Br)c(C)c1. The number of carbonyl (C=O) groups is 1. The molecule has 1 unspecified atom stereocenters. The Bertz CT molecular complexity index is 436. The second-order valence-electron chi connectivity index (χ2n) is 4.06. The lowest BCUT2D eigenvalue weighted by Gasteiger charge is -2.11. The lowest BCUT2D eigenvalue weighted by molar-refractivity contribution is -0.117. The van der Waals surface area contributed by atoms with E-state index in [1.54, 1.807) is 0 Å². The van der Waals surface area contributed by atoms with Crippen molar-refractivity contribution in [2.45, 2.75) is 33.1 Å². The molecular weight excluding hydrogens is 266 g/mol. The molecule has 1 atom stereocenters. The van der Waals surface area contributed by atoms with Crippen LogP contribution in [0.15, 0.2) is 16.6 Å². The third-order valence-electron chi connectivity index (χ3n) is 2.51. The molecule has 0 aliphatic heterocycles. The van der Waals surface area contributed by atoms with Crippen molar-refractivity contribution < 1.29 is 4.79 Å². The third-order valence-corrected chi connectivity index (χ3v) is 3.76. The van der Waals surface area contributed by atoms with E-state index in [9.17, 15) is 4.79 Å². The molecule has 0 fully saturated rings. The van der Waals surface area contributed by atoms with Gasteiger partial charge in [0.25, 0.3) is 0 Å². The van der Waals surface area contributed by atoms with E-state index in [1.807, 2.05) is 26.0 Å². The van der Waals surface area contributed by atoms with E-state index in [4.69, 9.17) is 5.26 Å². The van der Waals surface area contributed by atoms with E-state index in [1.165, 1.54) is 6.92 Å². The molecule has 0 aliphatic rings. The molecule has 84 valence electrons. The van der Waals surface area contributed by atoms with Crippen molar-refractivity contribution in [1.82, 2.24) is 0 Å². The monoisotopic (exact) mass is 279 g/mol. The summed E-state index contributed by atoms with van der Waals surface area (Å²) >= 11 is 3.49. The van der Waals surface area contributed by atoms with Gasteiger partial charge in [-0.05, 0) is 37.5 Å². The molecule has 1 aromatic rings. The van der Waals surface area contributed by atoms with Gasteiger partial charge in [-0.3, -0.25) is 4.79 Å². The summed E-state index contributed by atoms with van der Waals surface area (Å²) in [5.74, 6) is -0.284. The minimum Gasteiger partial charge on any atom is -0.300 e. The first kappa shape index (κ1) is 12.9. The van der Waals surface area contributed by atoms with Crippen LogP contribution in [0.2, 0.25) is 0 Å². The van der Waals surface area contributed by atoms with Crippen LogP contribution in [0.5, 0.6) is 0 Å². The summed E-state index contributed by atoms with van der Waals surface area (Å²) in [6, 6.07) is 6.12. The first-order chi connectivity index (χ1) is 7.45. The molecule has 0 bridgehead atoms. The zero-order valence-electron chi connectivity index (χ0n) is 9.67. The molecule has 1 aromatic carbocycles. The highest BCUT2D eigenvalue weighted by molar-refractivity contribution is 9.10. The summed E-state index contributed by atoms with van der Waals surface area (Å²) in [5, 5.41) is 9.07. The molecule has 16 heavy (non-hydrogen) atoms. The Balaban J connectivity index is 3.12. The van der Waals surface area contributed by atoms with Gasteiger partial charge >= 0.3 is 0 Å². The predicted molar refractivity (Wildman–Crippen MR) is 67.3 cm³/mol. The number of halogens is 1. The maximum atomic E-state index is 11.1. The van der Waals surface area contributed by atoms with Crippen LogP contribution in [-0.2, 0) is 4.79 Å². The zero-order chi connectivity index (χ0) is 12.3. The van der Waals surface area contributed by atoms with Crippen molar-refractivity contribution in [2.24, 2.45) is 0 Å². The van der Waals surface area contributed by atoms with E-state index in [0.717, 1.165) is 21.2 Å². The Hall–Kier alpha value is -1.14. The van der Waals surface area contributed by atoms with E-state index in [-0.39, 0.29) is 18.1 Å². The van der Waals surface area contributed by atoms with Crippen molar-refractivity contribution in [2.75, 3.05) is 0 Å². The summed E-state index contributed by atoms with van der Waals surface area (Å²) in [5.41, 5.74) is 3.12. The summed E-state index contributed by atoms with van der Waals surface area (Å²) in [6.07, 6.45) is 0.289. The lowest BCUT2D eigenvalue weighted by atomic mass is 9.93. The fraction of sp³-hybridized carbons (Fsp3) is 0.385. The standard InChI is InChI=1S/C13H14BrNO/c1-8-4-11(5-9(2)13(8)14)12(7-15)6-10(3)16/h4-5,12H,6H2,1-3H3. The van der Waals surface area contributed by atoms with E-state index < -0.39 is 0 Å². The number of carbonyl (C=O) groups excluding carboxylic acids is 1. The minimum atomic E-state index is -0.331. The molecule has 0 heterocycles. The van der Waals surface area contributed by atoms with Crippen LogP contribution in [0.1, 0.15) is 36.0 Å². The van der Waals surface area contributed by atoms with Crippen molar-refractivity contribution >= 4 is 21.7 Å². The van der Waals surface area contributed by atoms with Gasteiger partial charge in [0.15, 0.2) is 0 Å². The van der Waals surface area contributed by atoms with Gasteiger partial charge in [0.2, 0.25) is 0 Å². The van der Waals surface area contributed by atoms with E-state index >= 15 is 0 Å². The average molecular weight is 280 g/mol. The van der Waals surface area contributed by atoms with E-state index in [0.29, 0.717) is 0 Å². The van der Waals surface area contributed by atoms with E-state index in [2.05, 4.69) is 22.0 Å². The van der Waals surface area contributed by atoms with Gasteiger partial charge in [0.1, 0.15) is 5.78 Å². The normalized spacial score (nSPS) is 11.9. The van der Waals surface area contributed by atoms with Crippen LogP contribution >= 0.6 is 15.9 Å². The van der Waals surface area contributed by atoms with Crippen LogP contribution < -0.4 is 0 Å². The Kier molecular flexibility index (Phi) is 4.26. The highest BCUT2D eigenvalue weighted by atomic mass is 79.9. The summed E-state index contributed by atoms with van der Waals surface area (Å²) in [7, 11) is 0. The number of Topliss-reactive ketones (excluding diaryl/α,β-unsaturated/α-hetero) is 1. The second-order valence-corrected chi connectivity index (χ2v) is 4.85. The molecule has 0 saturated carbocycles. The average Bonchev–Trinajstić information content (AvgIpc) is 2.21. The molecule has 0 saturated heterocycles. The molecule has 3 heteroatoms. The highest BCUT2D eigenvalue weighted by Gasteiger charge is 2.14. The number of nitrogens with zero attached hydrogens (tertiary/aromatic N) is 1. The number of benzene rings is 1. The maximum Gasteiger partial charge on any atom is 0.131 e. The molecule has 0 aliphatic carbocycles. The molecule has 0 spiro atoms. The summed E-state index contributed by atoms with van der Waals surface area (Å²) in [4.78, 5) is 11.1. The van der Waals surface area contributed by atoms with Gasteiger partial charge in [-0.2, -0.15) is 5.26 Å². The third kappa shape index (κ3) is 2.93. The van der Waals surface area contributed by atoms with Crippen molar-refractivity contribution in [3.63, 3.8) is 0 Å². The topological polar surface area (TPSA) is 40.9 Å². The Labute approximate surface area is 104 Å². The molecule has 0 amide bonds. The second kappa shape index (κ2) is 5.27. The molecule has 0 aromatic heterocycles. The number of ketones is 1. The van der Waals surface area contributed by atoms with Gasteiger partial charge in [-0.15, -0.1) is 0 Å². The first-order valence-electron chi connectivity index (χ1n) is 5.11. The number of aryl methyl sites for hydroxylation is 2. The molecule has 0 N–H and O–H groups in total. The predicted octanol–water partition coefficient (Wildman–Crippen LogP) is 3.65. The summed E-state index contributed by atoms with van der Waals surface area (Å²) in [6.45, 7) is 5.49. The molecular formula is C13H14BrNO. The van der Waals surface area contributed by atoms with Crippen LogP contribution in [0.4, 0.5) is 0 Å². The molecule has 0 radical (unpaired) electrons. The van der Waals surface area contributed by atoms with Crippen LogP contribution in [0.3, 0.4) is 0 Å². The largest absolute Gasteiger partial charge is 0.300 e. The Morgan fingerprint density at radius 2 is 1.94 bits per heavy atom. The number of rotatable bonds is 3. The summed E-state index contributed by atoms with van der Waals surface area (Å²) < 4.78 is 1.07. The van der Waals surface area contributed by atoms with Crippen LogP contribution in [0.25, 0.3) is 0 Å². The first-order valence-corrected chi connectivity index (χ1v) is 5.90. The smallest absolute Gasteiger partial charge is 0.131 e. The van der Waals surface area contributed by atoms with Crippen LogP contribution in [-0.4, -0.2) is 5.78 Å². The quantitative estimate of drug-likeness (QED) is 0.847. The lowest BCUT2D eigenvalue weighted by Crippen LogP contribution is -2.03. The van der Waals surface area contributed by atoms with Gasteiger partial charge < -0.3 is 0 Å². The van der Waals surface area contributed by atoms with Crippen molar-refractivity contribution in [1.29, 1.82) is 5.26 Å². The maximum absolute atomic E-state index is 11.1. The zero-order valence-corrected chi connectivity index (χ0v) is 11.3. The molecule has 2 nitrogen and oxygen atoms in total.